The summed E-state index contributed by atoms with van der Waals surface area (Å²) >= 11 is 8.01. The van der Waals surface area contributed by atoms with Crippen LogP contribution in [0.5, 0.6) is 0 Å². The summed E-state index contributed by atoms with van der Waals surface area (Å²) < 4.78 is 0.976. The van der Waals surface area contributed by atoms with Crippen molar-refractivity contribution in [2.24, 2.45) is 0 Å². The van der Waals surface area contributed by atoms with Crippen LogP contribution in [0.2, 0.25) is 5.02 Å². The molecule has 0 radical (unpaired) electrons. The van der Waals surface area contributed by atoms with Gasteiger partial charge in [-0.1, -0.05) is 29.8 Å². The zero-order valence-corrected chi connectivity index (χ0v) is 12.0. The fourth-order valence-corrected chi connectivity index (χ4v) is 2.28. The molecule has 2 aromatic rings. The molecule has 0 atom stereocenters. The van der Waals surface area contributed by atoms with Gasteiger partial charge in [-0.05, 0) is 46.9 Å². The Hall–Kier alpha value is -1.34. The Balaban J connectivity index is 2.44. The first-order chi connectivity index (χ1) is 8.59. The average molecular weight is 375 g/mol. The Morgan fingerprint density at radius 1 is 1.11 bits per heavy atom. The van der Waals surface area contributed by atoms with Crippen molar-refractivity contribution in [2.45, 2.75) is 0 Å². The number of benzene rings is 2. The summed E-state index contributed by atoms with van der Waals surface area (Å²) in [5.41, 5.74) is 1.08. The first kappa shape index (κ1) is 13.1. The molecule has 0 amide bonds. The molecule has 0 aromatic heterocycles. The van der Waals surface area contributed by atoms with Gasteiger partial charge in [-0.25, -0.2) is 0 Å². The van der Waals surface area contributed by atoms with Gasteiger partial charge in [0.25, 0.3) is 0 Å². The Labute approximate surface area is 122 Å². The second-order valence-corrected chi connectivity index (χ2v) is 5.07. The van der Waals surface area contributed by atoms with Crippen LogP contribution in [-0.2, 0) is 0 Å². The molecule has 0 unspecified atom stereocenters. The monoisotopic (exact) mass is 374 g/mol. The summed E-state index contributed by atoms with van der Waals surface area (Å²) in [6.45, 7) is 0. The van der Waals surface area contributed by atoms with Crippen LogP contribution in [0.3, 0.4) is 0 Å². The molecule has 92 valence electrons. The predicted molar refractivity (Wildman–Crippen MR) is 80.5 cm³/mol. The van der Waals surface area contributed by atoms with Gasteiger partial charge in [-0.3, -0.25) is 10.1 Å². The van der Waals surface area contributed by atoms with Gasteiger partial charge in [0.2, 0.25) is 0 Å². The summed E-state index contributed by atoms with van der Waals surface area (Å²) in [6.07, 6.45) is 0. The van der Waals surface area contributed by atoms with Gasteiger partial charge in [-0.15, -0.1) is 0 Å². The lowest BCUT2D eigenvalue weighted by molar-refractivity contribution is -0.383. The van der Waals surface area contributed by atoms with E-state index < -0.39 is 4.92 Å². The second-order valence-electron chi connectivity index (χ2n) is 3.50. The second kappa shape index (κ2) is 5.53. The molecule has 18 heavy (non-hydrogen) atoms. The lowest BCUT2D eigenvalue weighted by atomic mass is 10.2. The molecule has 4 nitrogen and oxygen atoms in total. The molecule has 0 fully saturated rings. The molecule has 0 spiro atoms. The molecular formula is C12H8ClIN2O2. The van der Waals surface area contributed by atoms with Gasteiger partial charge in [0.1, 0.15) is 10.7 Å². The van der Waals surface area contributed by atoms with E-state index in [9.17, 15) is 10.1 Å². The summed E-state index contributed by atoms with van der Waals surface area (Å²) in [4.78, 5) is 10.5. The third-order valence-electron chi connectivity index (χ3n) is 2.31. The van der Waals surface area contributed by atoms with E-state index in [-0.39, 0.29) is 10.7 Å². The number of nitrogens with zero attached hydrogens (tertiary/aromatic N) is 1. The number of rotatable bonds is 3. The minimum absolute atomic E-state index is 0.112. The number of hydrogen-bond acceptors (Lipinski definition) is 3. The summed E-state index contributed by atoms with van der Waals surface area (Å²) in [7, 11) is 0. The topological polar surface area (TPSA) is 55.2 Å². The summed E-state index contributed by atoms with van der Waals surface area (Å²) in [6, 6.07) is 12.3. The molecule has 1 N–H and O–H groups in total. The lowest BCUT2D eigenvalue weighted by Crippen LogP contribution is -1.98. The van der Waals surface area contributed by atoms with Crippen molar-refractivity contribution in [3.8, 4) is 0 Å². The highest BCUT2D eigenvalue weighted by Crippen LogP contribution is 2.34. The normalized spacial score (nSPS) is 10.1. The minimum atomic E-state index is -0.486. The van der Waals surface area contributed by atoms with Crippen molar-refractivity contribution in [3.63, 3.8) is 0 Å². The van der Waals surface area contributed by atoms with Crippen molar-refractivity contribution in [3.05, 3.63) is 61.2 Å². The number of anilines is 2. The smallest absolute Gasteiger partial charge is 0.311 e. The van der Waals surface area contributed by atoms with Crippen LogP contribution in [0.25, 0.3) is 0 Å². The van der Waals surface area contributed by atoms with Gasteiger partial charge in [0.05, 0.1) is 10.6 Å². The van der Waals surface area contributed by atoms with E-state index in [4.69, 9.17) is 11.6 Å². The molecular weight excluding hydrogens is 367 g/mol. The van der Waals surface area contributed by atoms with Crippen LogP contribution < -0.4 is 5.32 Å². The van der Waals surface area contributed by atoms with E-state index in [2.05, 4.69) is 27.9 Å². The zero-order valence-electron chi connectivity index (χ0n) is 9.06. The number of halogens is 2. The molecule has 0 saturated carbocycles. The number of para-hydroxylation sites is 2. The van der Waals surface area contributed by atoms with E-state index >= 15 is 0 Å². The number of nitro benzene ring substituents is 1. The Bertz CT molecular complexity index is 604. The van der Waals surface area contributed by atoms with Crippen molar-refractivity contribution in [1.82, 2.24) is 0 Å². The maximum atomic E-state index is 11.0. The van der Waals surface area contributed by atoms with Crippen LogP contribution in [-0.4, -0.2) is 4.92 Å². The Kier molecular flexibility index (Phi) is 4.03. The molecule has 0 aliphatic carbocycles. The Morgan fingerprint density at radius 2 is 1.78 bits per heavy atom. The molecule has 2 rings (SSSR count). The number of nitrogens with one attached hydrogen (secondary N) is 1. The van der Waals surface area contributed by atoms with Crippen molar-refractivity contribution < 1.29 is 4.92 Å². The molecule has 2 aromatic carbocycles. The van der Waals surface area contributed by atoms with E-state index in [1.807, 2.05) is 24.3 Å². The van der Waals surface area contributed by atoms with Crippen LogP contribution in [0.15, 0.2) is 42.5 Å². The minimum Gasteiger partial charge on any atom is -0.349 e. The number of nitro groups is 1. The van der Waals surface area contributed by atoms with Crippen molar-refractivity contribution in [1.29, 1.82) is 0 Å². The van der Waals surface area contributed by atoms with E-state index in [1.165, 1.54) is 6.07 Å². The summed E-state index contributed by atoms with van der Waals surface area (Å²) in [5, 5.41) is 14.1. The highest BCUT2D eigenvalue weighted by atomic mass is 127. The first-order valence-electron chi connectivity index (χ1n) is 5.04. The van der Waals surface area contributed by atoms with E-state index in [1.54, 1.807) is 12.1 Å². The quantitative estimate of drug-likeness (QED) is 0.485. The predicted octanol–water partition coefficient (Wildman–Crippen LogP) is 4.60. The Morgan fingerprint density at radius 3 is 2.44 bits per heavy atom. The van der Waals surface area contributed by atoms with Crippen LogP contribution in [0.1, 0.15) is 0 Å². The van der Waals surface area contributed by atoms with Gasteiger partial charge < -0.3 is 5.32 Å². The molecule has 0 aliphatic heterocycles. The molecule has 0 bridgehead atoms. The third-order valence-corrected chi connectivity index (χ3v) is 3.56. The maximum absolute atomic E-state index is 11.0. The van der Waals surface area contributed by atoms with Crippen molar-refractivity contribution >= 4 is 51.3 Å². The zero-order chi connectivity index (χ0) is 13.1. The maximum Gasteiger partial charge on any atom is 0.311 e. The van der Waals surface area contributed by atoms with E-state index in [0.29, 0.717) is 5.69 Å². The van der Waals surface area contributed by atoms with Crippen LogP contribution >= 0.6 is 34.2 Å². The SMILES string of the molecule is O=[N+]([O-])c1c(Cl)cccc1Nc1ccccc1I. The van der Waals surface area contributed by atoms with Gasteiger partial charge in [-0.2, -0.15) is 0 Å². The highest BCUT2D eigenvalue weighted by molar-refractivity contribution is 14.1. The third kappa shape index (κ3) is 2.73. The molecule has 0 saturated heterocycles. The lowest BCUT2D eigenvalue weighted by Gasteiger charge is -2.09. The molecule has 0 aliphatic rings. The largest absolute Gasteiger partial charge is 0.349 e. The van der Waals surface area contributed by atoms with E-state index in [0.717, 1.165) is 9.26 Å². The molecule has 0 heterocycles. The van der Waals surface area contributed by atoms with Crippen LogP contribution in [0, 0.1) is 13.7 Å². The highest BCUT2D eigenvalue weighted by Gasteiger charge is 2.18. The molecule has 6 heteroatoms. The van der Waals surface area contributed by atoms with Gasteiger partial charge in [0.15, 0.2) is 0 Å². The average Bonchev–Trinajstić information content (AvgIpc) is 2.31. The van der Waals surface area contributed by atoms with Gasteiger partial charge in [0, 0.05) is 3.57 Å². The fourth-order valence-electron chi connectivity index (χ4n) is 1.51. The fraction of sp³-hybridized carbons (Fsp3) is 0. The number of hydrogen-bond donors (Lipinski definition) is 1. The summed E-state index contributed by atoms with van der Waals surface area (Å²) in [5.74, 6) is 0. The van der Waals surface area contributed by atoms with Crippen molar-refractivity contribution in [2.75, 3.05) is 5.32 Å². The van der Waals surface area contributed by atoms with Gasteiger partial charge >= 0.3 is 5.69 Å². The standard InChI is InChI=1S/C12H8ClIN2O2/c13-8-4-3-7-11(12(8)16(17)18)15-10-6-2-1-5-9(10)14/h1-7,15H. The first-order valence-corrected chi connectivity index (χ1v) is 6.49. The van der Waals surface area contributed by atoms with Crippen LogP contribution in [0.4, 0.5) is 17.1 Å².